The normalized spacial score (nSPS) is 13.8. The van der Waals surface area contributed by atoms with Crippen molar-refractivity contribution in [3.8, 4) is 5.75 Å². The summed E-state index contributed by atoms with van der Waals surface area (Å²) in [5.74, 6) is 0.671. The summed E-state index contributed by atoms with van der Waals surface area (Å²) in [4.78, 5) is 36.4. The van der Waals surface area contributed by atoms with Crippen LogP contribution in [0.3, 0.4) is 0 Å². The van der Waals surface area contributed by atoms with Crippen LogP contribution in [0, 0.1) is 0 Å². The Bertz CT molecular complexity index is 644. The predicted octanol–water partition coefficient (Wildman–Crippen LogP) is 4.29. The van der Waals surface area contributed by atoms with Gasteiger partial charge in [0.2, 0.25) is 17.7 Å². The maximum Gasteiger partial charge on any atom is 0.229 e. The van der Waals surface area contributed by atoms with E-state index in [4.69, 9.17) is 4.74 Å². The highest BCUT2D eigenvalue weighted by Crippen LogP contribution is 2.23. The lowest BCUT2D eigenvalue weighted by atomic mass is 10.1. The van der Waals surface area contributed by atoms with Gasteiger partial charge in [-0.25, -0.2) is 0 Å². The minimum absolute atomic E-state index is 0.0141. The average molecular weight is 389 g/mol. The summed E-state index contributed by atoms with van der Waals surface area (Å²) in [5.41, 5.74) is 0.715. The zero-order valence-electron chi connectivity index (χ0n) is 16.9. The van der Waals surface area contributed by atoms with E-state index in [1.54, 1.807) is 7.11 Å². The molecule has 1 aliphatic heterocycles. The first-order valence-corrected chi connectivity index (χ1v) is 10.4. The number of nitrogens with one attached hydrogen (secondary N) is 1. The first kappa shape index (κ1) is 21.9. The lowest BCUT2D eigenvalue weighted by Gasteiger charge is -2.13. The predicted molar refractivity (Wildman–Crippen MR) is 109 cm³/mol. The third-order valence-electron chi connectivity index (χ3n) is 5.07. The van der Waals surface area contributed by atoms with Crippen LogP contribution in [0.1, 0.15) is 70.6 Å². The molecule has 1 N–H and O–H groups in total. The van der Waals surface area contributed by atoms with Crippen LogP contribution in [0.15, 0.2) is 24.3 Å². The Morgan fingerprint density at radius 2 is 1.50 bits per heavy atom. The van der Waals surface area contributed by atoms with Gasteiger partial charge in [0.05, 0.1) is 12.8 Å². The van der Waals surface area contributed by atoms with Gasteiger partial charge >= 0.3 is 0 Å². The van der Waals surface area contributed by atoms with Gasteiger partial charge in [-0.3, -0.25) is 19.3 Å². The fraction of sp³-hybridized carbons (Fsp3) is 0.591. The molecule has 2 rings (SSSR count). The van der Waals surface area contributed by atoms with E-state index in [0.29, 0.717) is 37.2 Å². The number of rotatable bonds is 13. The molecule has 0 radical (unpaired) electrons. The smallest absolute Gasteiger partial charge is 0.229 e. The van der Waals surface area contributed by atoms with Crippen molar-refractivity contribution in [1.29, 1.82) is 0 Å². The summed E-state index contributed by atoms with van der Waals surface area (Å²) in [5, 5.41) is 2.90. The number of para-hydroxylation sites is 2. The summed E-state index contributed by atoms with van der Waals surface area (Å²) >= 11 is 0. The van der Waals surface area contributed by atoms with Gasteiger partial charge in [0, 0.05) is 25.8 Å². The number of amides is 3. The molecule has 1 fully saturated rings. The van der Waals surface area contributed by atoms with Crippen LogP contribution < -0.4 is 10.1 Å². The standard InChI is InChI=1S/C22H32N2O4/c1-28-19-13-10-9-12-18(19)23-20(25)14-8-6-4-2-3-5-7-11-17-24-21(26)15-16-22(24)27/h9-10,12-13H,2-8,11,14-17H2,1H3,(H,23,25). The SMILES string of the molecule is COc1ccccc1NC(=O)CCCCCCCCCCN1C(=O)CCC1=O. The minimum Gasteiger partial charge on any atom is -0.495 e. The van der Waals surface area contributed by atoms with Crippen molar-refractivity contribution in [2.75, 3.05) is 19.0 Å². The number of imide groups is 1. The lowest BCUT2D eigenvalue weighted by molar-refractivity contribution is -0.138. The molecule has 1 aliphatic rings. The molecule has 1 aromatic carbocycles. The number of likely N-dealkylation sites (tertiary alicyclic amines) is 1. The lowest BCUT2D eigenvalue weighted by Crippen LogP contribution is -2.29. The molecule has 28 heavy (non-hydrogen) atoms. The van der Waals surface area contributed by atoms with Crippen LogP contribution in [-0.2, 0) is 14.4 Å². The number of carbonyl (C=O) groups excluding carboxylic acids is 3. The van der Waals surface area contributed by atoms with Crippen molar-refractivity contribution in [2.45, 2.75) is 70.6 Å². The van der Waals surface area contributed by atoms with E-state index in [2.05, 4.69) is 5.32 Å². The van der Waals surface area contributed by atoms with Gasteiger partial charge in [-0.05, 0) is 25.0 Å². The van der Waals surface area contributed by atoms with E-state index >= 15 is 0 Å². The Kier molecular flexibility index (Phi) is 9.52. The molecule has 0 aliphatic carbocycles. The topological polar surface area (TPSA) is 75.7 Å². The van der Waals surface area contributed by atoms with Gasteiger partial charge in [0.25, 0.3) is 0 Å². The van der Waals surface area contributed by atoms with Crippen LogP contribution >= 0.6 is 0 Å². The van der Waals surface area contributed by atoms with Crippen LogP contribution in [0.4, 0.5) is 5.69 Å². The van der Waals surface area contributed by atoms with Crippen LogP contribution in [0.25, 0.3) is 0 Å². The maximum absolute atomic E-state index is 12.0. The summed E-state index contributed by atoms with van der Waals surface area (Å²) in [6.45, 7) is 0.582. The molecule has 6 nitrogen and oxygen atoms in total. The molecular formula is C22H32N2O4. The molecule has 0 atom stereocenters. The second-order valence-corrected chi connectivity index (χ2v) is 7.27. The van der Waals surface area contributed by atoms with Gasteiger partial charge in [-0.15, -0.1) is 0 Å². The molecule has 1 saturated heterocycles. The van der Waals surface area contributed by atoms with Gasteiger partial charge in [0.15, 0.2) is 0 Å². The highest BCUT2D eigenvalue weighted by Gasteiger charge is 2.27. The largest absolute Gasteiger partial charge is 0.495 e. The highest BCUT2D eigenvalue weighted by atomic mass is 16.5. The van der Waals surface area contributed by atoms with Gasteiger partial charge in [0.1, 0.15) is 5.75 Å². The third kappa shape index (κ3) is 7.33. The van der Waals surface area contributed by atoms with Crippen molar-refractivity contribution < 1.29 is 19.1 Å². The number of hydrogen-bond donors (Lipinski definition) is 1. The summed E-state index contributed by atoms with van der Waals surface area (Å²) in [6, 6.07) is 7.42. The summed E-state index contributed by atoms with van der Waals surface area (Å²) < 4.78 is 5.23. The van der Waals surface area contributed by atoms with Crippen molar-refractivity contribution in [1.82, 2.24) is 4.90 Å². The van der Waals surface area contributed by atoms with Crippen molar-refractivity contribution in [2.24, 2.45) is 0 Å². The molecule has 3 amide bonds. The first-order valence-electron chi connectivity index (χ1n) is 10.4. The Hall–Kier alpha value is -2.37. The van der Waals surface area contributed by atoms with Gasteiger partial charge < -0.3 is 10.1 Å². The molecule has 154 valence electrons. The number of hydrogen-bond acceptors (Lipinski definition) is 4. The molecule has 0 bridgehead atoms. The fourth-order valence-corrected chi connectivity index (χ4v) is 3.45. The molecule has 0 saturated carbocycles. The van der Waals surface area contributed by atoms with Gasteiger partial charge in [-0.1, -0.05) is 50.7 Å². The van der Waals surface area contributed by atoms with E-state index in [1.165, 1.54) is 4.90 Å². The average Bonchev–Trinajstić information content (AvgIpc) is 3.01. The Morgan fingerprint density at radius 3 is 2.14 bits per heavy atom. The van der Waals surface area contributed by atoms with Crippen LogP contribution in [0.2, 0.25) is 0 Å². The third-order valence-corrected chi connectivity index (χ3v) is 5.07. The molecule has 1 heterocycles. The molecule has 1 aromatic rings. The number of unbranched alkanes of at least 4 members (excludes halogenated alkanes) is 7. The second-order valence-electron chi connectivity index (χ2n) is 7.27. The number of ether oxygens (including phenoxy) is 1. The van der Waals surface area contributed by atoms with E-state index < -0.39 is 0 Å². The van der Waals surface area contributed by atoms with Crippen molar-refractivity contribution >= 4 is 23.4 Å². The summed E-state index contributed by atoms with van der Waals surface area (Å²) in [7, 11) is 1.59. The summed E-state index contributed by atoms with van der Waals surface area (Å²) in [6.07, 6.45) is 9.78. The minimum atomic E-state index is -0.0141. The molecule has 0 aromatic heterocycles. The van der Waals surface area contributed by atoms with Gasteiger partial charge in [-0.2, -0.15) is 0 Å². The zero-order valence-corrected chi connectivity index (χ0v) is 16.9. The van der Waals surface area contributed by atoms with E-state index in [9.17, 15) is 14.4 Å². The number of anilines is 1. The molecule has 0 spiro atoms. The number of benzene rings is 1. The van der Waals surface area contributed by atoms with Crippen molar-refractivity contribution in [3.05, 3.63) is 24.3 Å². The first-order chi connectivity index (χ1) is 13.6. The molecular weight excluding hydrogens is 356 g/mol. The van der Waals surface area contributed by atoms with Crippen LogP contribution in [-0.4, -0.2) is 36.3 Å². The van der Waals surface area contributed by atoms with E-state index in [0.717, 1.165) is 51.4 Å². The zero-order chi connectivity index (χ0) is 20.2. The highest BCUT2D eigenvalue weighted by molar-refractivity contribution is 6.01. The van der Waals surface area contributed by atoms with Crippen molar-refractivity contribution in [3.63, 3.8) is 0 Å². The molecule has 6 heteroatoms. The number of carbonyl (C=O) groups is 3. The maximum atomic E-state index is 12.0. The second kappa shape index (κ2) is 12.2. The van der Waals surface area contributed by atoms with E-state index in [1.807, 2.05) is 24.3 Å². The fourth-order valence-electron chi connectivity index (χ4n) is 3.45. The molecule has 0 unspecified atom stereocenters. The number of nitrogens with zero attached hydrogens (tertiary/aromatic N) is 1. The Labute approximate surface area is 167 Å². The monoisotopic (exact) mass is 388 g/mol. The Morgan fingerprint density at radius 1 is 0.929 bits per heavy atom. The Balaban J connectivity index is 1.43. The van der Waals surface area contributed by atoms with Crippen LogP contribution in [0.5, 0.6) is 5.75 Å². The van der Waals surface area contributed by atoms with E-state index in [-0.39, 0.29) is 17.7 Å². The quantitative estimate of drug-likeness (QED) is 0.404. The number of methoxy groups -OCH3 is 1.